The highest BCUT2D eigenvalue weighted by Gasteiger charge is 2.13. The molecule has 0 heterocycles. The minimum Gasteiger partial charge on any atom is -0.311 e. The third-order valence-corrected chi connectivity index (χ3v) is 2.38. The Kier molecular flexibility index (Phi) is 6.46. The van der Waals surface area contributed by atoms with E-state index in [1.165, 1.54) is 6.54 Å². The van der Waals surface area contributed by atoms with Gasteiger partial charge in [0, 0.05) is 31.2 Å². The van der Waals surface area contributed by atoms with Crippen molar-refractivity contribution < 1.29 is 0 Å². The van der Waals surface area contributed by atoms with Gasteiger partial charge in [0.15, 0.2) is 0 Å². The smallest absolute Gasteiger partial charge is 0.0110 e. The van der Waals surface area contributed by atoms with Crippen LogP contribution in [0.5, 0.6) is 0 Å². The van der Waals surface area contributed by atoms with E-state index in [0.717, 1.165) is 19.0 Å². The van der Waals surface area contributed by atoms with E-state index in [4.69, 9.17) is 0 Å². The zero-order chi connectivity index (χ0) is 12.1. The number of hydrogen-bond donors (Lipinski definition) is 1. The summed E-state index contributed by atoms with van der Waals surface area (Å²) in [5, 5.41) is 3.54. The molecule has 0 atom stereocenters. The minimum absolute atomic E-state index is 0.237. The summed E-state index contributed by atoms with van der Waals surface area (Å²) < 4.78 is 0. The average Bonchev–Trinajstić information content (AvgIpc) is 1.99. The molecule has 0 bridgehead atoms. The van der Waals surface area contributed by atoms with Crippen molar-refractivity contribution in [2.45, 2.75) is 60.0 Å². The predicted octanol–water partition coefficient (Wildman–Crippen LogP) is 2.74. The van der Waals surface area contributed by atoms with Crippen molar-refractivity contribution in [2.75, 3.05) is 19.6 Å². The van der Waals surface area contributed by atoms with Crippen molar-refractivity contribution >= 4 is 0 Å². The first-order valence-electron chi connectivity index (χ1n) is 6.21. The summed E-state index contributed by atoms with van der Waals surface area (Å²) in [7, 11) is 0. The van der Waals surface area contributed by atoms with Crippen LogP contribution in [-0.4, -0.2) is 36.1 Å². The number of hydrogen-bond acceptors (Lipinski definition) is 2. The summed E-state index contributed by atoms with van der Waals surface area (Å²) >= 11 is 0. The molecule has 0 rings (SSSR count). The molecular weight excluding hydrogens is 184 g/mol. The Bertz CT molecular complexity index is 156. The normalized spacial score (nSPS) is 13.2. The molecule has 0 radical (unpaired) electrons. The maximum absolute atomic E-state index is 3.54. The standard InChI is InChI=1S/C13H30N2/c1-11(2)10-15(12(3)4)9-8-14-13(5,6)7/h11-12,14H,8-10H2,1-7H3. The Morgan fingerprint density at radius 2 is 1.60 bits per heavy atom. The average molecular weight is 214 g/mol. The van der Waals surface area contributed by atoms with Crippen molar-refractivity contribution in [3.63, 3.8) is 0 Å². The van der Waals surface area contributed by atoms with Gasteiger partial charge in [0.2, 0.25) is 0 Å². The molecule has 92 valence electrons. The first-order chi connectivity index (χ1) is 6.72. The number of nitrogens with zero attached hydrogens (tertiary/aromatic N) is 1. The lowest BCUT2D eigenvalue weighted by Crippen LogP contribution is -2.44. The molecule has 0 aliphatic carbocycles. The second kappa shape index (κ2) is 6.49. The molecule has 2 nitrogen and oxygen atoms in total. The van der Waals surface area contributed by atoms with Crippen LogP contribution < -0.4 is 5.32 Å². The molecule has 0 fully saturated rings. The van der Waals surface area contributed by atoms with E-state index in [2.05, 4.69) is 58.7 Å². The van der Waals surface area contributed by atoms with E-state index in [1.807, 2.05) is 0 Å². The molecular formula is C13H30N2. The first-order valence-corrected chi connectivity index (χ1v) is 6.21. The largest absolute Gasteiger partial charge is 0.311 e. The molecule has 0 aromatic carbocycles. The second-order valence-corrected chi connectivity index (χ2v) is 6.16. The first kappa shape index (κ1) is 14.9. The van der Waals surface area contributed by atoms with E-state index < -0.39 is 0 Å². The molecule has 0 spiro atoms. The van der Waals surface area contributed by atoms with Crippen molar-refractivity contribution in [3.05, 3.63) is 0 Å². The second-order valence-electron chi connectivity index (χ2n) is 6.16. The topological polar surface area (TPSA) is 15.3 Å². The summed E-state index contributed by atoms with van der Waals surface area (Å²) in [6, 6.07) is 0.647. The van der Waals surface area contributed by atoms with Crippen molar-refractivity contribution in [2.24, 2.45) is 5.92 Å². The summed E-state index contributed by atoms with van der Waals surface area (Å²) in [6.45, 7) is 19.2. The summed E-state index contributed by atoms with van der Waals surface area (Å²) in [6.07, 6.45) is 0. The molecule has 0 saturated carbocycles. The van der Waals surface area contributed by atoms with Gasteiger partial charge in [-0.2, -0.15) is 0 Å². The van der Waals surface area contributed by atoms with Crippen LogP contribution in [0.4, 0.5) is 0 Å². The fourth-order valence-corrected chi connectivity index (χ4v) is 1.60. The molecule has 0 aromatic rings. The molecule has 2 heteroatoms. The van der Waals surface area contributed by atoms with Crippen LogP contribution in [-0.2, 0) is 0 Å². The maximum atomic E-state index is 3.54. The van der Waals surface area contributed by atoms with Gasteiger partial charge in [-0.1, -0.05) is 13.8 Å². The number of nitrogens with one attached hydrogen (secondary N) is 1. The highest BCUT2D eigenvalue weighted by atomic mass is 15.2. The van der Waals surface area contributed by atoms with Gasteiger partial charge in [0.25, 0.3) is 0 Å². The zero-order valence-corrected chi connectivity index (χ0v) is 11.7. The van der Waals surface area contributed by atoms with Crippen molar-refractivity contribution in [1.29, 1.82) is 0 Å². The van der Waals surface area contributed by atoms with E-state index in [9.17, 15) is 0 Å². The Morgan fingerprint density at radius 1 is 1.07 bits per heavy atom. The van der Waals surface area contributed by atoms with E-state index in [1.54, 1.807) is 0 Å². The summed E-state index contributed by atoms with van der Waals surface area (Å²) in [4.78, 5) is 2.55. The quantitative estimate of drug-likeness (QED) is 0.731. The minimum atomic E-state index is 0.237. The monoisotopic (exact) mass is 214 g/mol. The SMILES string of the molecule is CC(C)CN(CCNC(C)(C)C)C(C)C. The Labute approximate surface area is 96.4 Å². The van der Waals surface area contributed by atoms with Crippen LogP contribution in [0.25, 0.3) is 0 Å². The molecule has 1 N–H and O–H groups in total. The van der Waals surface area contributed by atoms with Crippen LogP contribution >= 0.6 is 0 Å². The number of rotatable bonds is 6. The molecule has 0 aliphatic rings. The Hall–Kier alpha value is -0.0800. The van der Waals surface area contributed by atoms with Crippen LogP contribution in [0, 0.1) is 5.92 Å². The molecule has 0 unspecified atom stereocenters. The lowest BCUT2D eigenvalue weighted by Gasteiger charge is -2.30. The Morgan fingerprint density at radius 3 is 1.93 bits per heavy atom. The van der Waals surface area contributed by atoms with E-state index >= 15 is 0 Å². The Balaban J connectivity index is 3.87. The van der Waals surface area contributed by atoms with Crippen LogP contribution in [0.2, 0.25) is 0 Å². The summed E-state index contributed by atoms with van der Waals surface area (Å²) in [5.74, 6) is 0.752. The van der Waals surface area contributed by atoms with E-state index in [-0.39, 0.29) is 5.54 Å². The molecule has 0 aromatic heterocycles. The van der Waals surface area contributed by atoms with Crippen molar-refractivity contribution in [1.82, 2.24) is 10.2 Å². The highest BCUT2D eigenvalue weighted by Crippen LogP contribution is 2.04. The molecule has 0 amide bonds. The predicted molar refractivity (Wildman–Crippen MR) is 69.3 cm³/mol. The fourth-order valence-electron chi connectivity index (χ4n) is 1.60. The van der Waals surface area contributed by atoms with E-state index in [0.29, 0.717) is 6.04 Å². The third kappa shape index (κ3) is 8.88. The van der Waals surface area contributed by atoms with Gasteiger partial charge >= 0.3 is 0 Å². The van der Waals surface area contributed by atoms with Gasteiger partial charge in [-0.3, -0.25) is 4.90 Å². The van der Waals surface area contributed by atoms with Crippen molar-refractivity contribution in [3.8, 4) is 0 Å². The fraction of sp³-hybridized carbons (Fsp3) is 1.00. The van der Waals surface area contributed by atoms with Crippen LogP contribution in [0.15, 0.2) is 0 Å². The van der Waals surface area contributed by atoms with Gasteiger partial charge in [-0.15, -0.1) is 0 Å². The van der Waals surface area contributed by atoms with Gasteiger partial charge in [0.1, 0.15) is 0 Å². The molecule has 0 saturated heterocycles. The third-order valence-electron chi connectivity index (χ3n) is 2.38. The van der Waals surface area contributed by atoms with Gasteiger partial charge in [0.05, 0.1) is 0 Å². The molecule has 15 heavy (non-hydrogen) atoms. The lowest BCUT2D eigenvalue weighted by molar-refractivity contribution is 0.192. The highest BCUT2D eigenvalue weighted by molar-refractivity contribution is 4.73. The maximum Gasteiger partial charge on any atom is 0.0110 e. The van der Waals surface area contributed by atoms with Crippen LogP contribution in [0.1, 0.15) is 48.5 Å². The summed E-state index contributed by atoms with van der Waals surface area (Å²) in [5.41, 5.74) is 0.237. The molecule has 0 aliphatic heterocycles. The van der Waals surface area contributed by atoms with Crippen LogP contribution in [0.3, 0.4) is 0 Å². The van der Waals surface area contributed by atoms with Gasteiger partial charge in [-0.25, -0.2) is 0 Å². The zero-order valence-electron chi connectivity index (χ0n) is 11.7. The van der Waals surface area contributed by atoms with Gasteiger partial charge < -0.3 is 5.32 Å². The lowest BCUT2D eigenvalue weighted by atomic mass is 10.1. The van der Waals surface area contributed by atoms with Gasteiger partial charge in [-0.05, 0) is 40.5 Å².